The first-order valence-electron chi connectivity index (χ1n) is 9.29. The second-order valence-electron chi connectivity index (χ2n) is 6.97. The van der Waals surface area contributed by atoms with E-state index in [0.717, 1.165) is 62.4 Å². The number of amides is 1. The molecule has 2 fully saturated rings. The molecule has 2 aliphatic rings. The van der Waals surface area contributed by atoms with E-state index in [0.29, 0.717) is 18.6 Å². The summed E-state index contributed by atoms with van der Waals surface area (Å²) in [4.78, 5) is 19.2. The van der Waals surface area contributed by atoms with Gasteiger partial charge in [0, 0.05) is 32.2 Å². The van der Waals surface area contributed by atoms with Gasteiger partial charge in [0.2, 0.25) is 5.91 Å². The van der Waals surface area contributed by atoms with Crippen molar-refractivity contribution >= 4 is 32.6 Å². The van der Waals surface area contributed by atoms with Gasteiger partial charge < -0.3 is 15.0 Å². The van der Waals surface area contributed by atoms with E-state index < -0.39 is 0 Å². The Labute approximate surface area is 152 Å². The first kappa shape index (κ1) is 16.8. The molecule has 3 heterocycles. The van der Waals surface area contributed by atoms with Crippen LogP contribution in [-0.4, -0.2) is 42.7 Å². The molecule has 25 heavy (non-hydrogen) atoms. The molecular formula is C19H25N3O2S. The lowest BCUT2D eigenvalue weighted by atomic mass is 10.0. The molecular weight excluding hydrogens is 334 g/mol. The molecule has 0 radical (unpaired) electrons. The van der Waals surface area contributed by atoms with Crippen molar-refractivity contribution in [2.24, 2.45) is 0 Å². The predicted molar refractivity (Wildman–Crippen MR) is 101 cm³/mol. The molecule has 6 heteroatoms. The van der Waals surface area contributed by atoms with Crippen LogP contribution in [0.5, 0.6) is 0 Å². The molecule has 1 aromatic carbocycles. The van der Waals surface area contributed by atoms with Crippen LogP contribution in [-0.2, 0) is 9.53 Å². The third-order valence-electron chi connectivity index (χ3n) is 5.13. The Morgan fingerprint density at radius 1 is 1.28 bits per heavy atom. The van der Waals surface area contributed by atoms with E-state index in [1.165, 1.54) is 4.70 Å². The number of aromatic nitrogens is 1. The van der Waals surface area contributed by atoms with E-state index in [-0.39, 0.29) is 5.91 Å². The van der Waals surface area contributed by atoms with Crippen LogP contribution in [0.2, 0.25) is 0 Å². The number of anilines is 1. The fourth-order valence-electron chi connectivity index (χ4n) is 3.67. The molecule has 134 valence electrons. The molecule has 2 aliphatic heterocycles. The number of fused-ring (bicyclic) bond motifs is 1. The summed E-state index contributed by atoms with van der Waals surface area (Å²) in [7, 11) is 0. The topological polar surface area (TPSA) is 54.5 Å². The van der Waals surface area contributed by atoms with Crippen molar-refractivity contribution in [3.8, 4) is 0 Å². The second-order valence-corrected chi connectivity index (χ2v) is 7.98. The Morgan fingerprint density at radius 3 is 2.88 bits per heavy atom. The third-order valence-corrected chi connectivity index (χ3v) is 6.23. The number of carbonyl (C=O) groups excluding carboxylic acids is 1. The minimum atomic E-state index is 0.175. The zero-order valence-corrected chi connectivity index (χ0v) is 15.3. The highest BCUT2D eigenvalue weighted by molar-refractivity contribution is 7.22. The van der Waals surface area contributed by atoms with Gasteiger partial charge in [-0.2, -0.15) is 0 Å². The van der Waals surface area contributed by atoms with Gasteiger partial charge in [0.1, 0.15) is 0 Å². The molecule has 1 atom stereocenters. The van der Waals surface area contributed by atoms with Crippen LogP contribution < -0.4 is 10.2 Å². The molecule has 2 saturated heterocycles. The summed E-state index contributed by atoms with van der Waals surface area (Å²) < 4.78 is 6.83. The molecule has 1 amide bonds. The largest absolute Gasteiger partial charge is 0.378 e. The summed E-state index contributed by atoms with van der Waals surface area (Å²) in [6, 6.07) is 8.57. The predicted octanol–water partition coefficient (Wildman–Crippen LogP) is 3.34. The first-order valence-corrected chi connectivity index (χ1v) is 10.1. The van der Waals surface area contributed by atoms with Crippen LogP contribution >= 0.6 is 11.3 Å². The fourth-order valence-corrected chi connectivity index (χ4v) is 4.69. The van der Waals surface area contributed by atoms with Crippen LogP contribution in [0.15, 0.2) is 24.3 Å². The minimum Gasteiger partial charge on any atom is -0.378 e. The Bertz CT molecular complexity index is 685. The molecule has 0 spiro atoms. The number of hydrogen-bond donors (Lipinski definition) is 1. The van der Waals surface area contributed by atoms with E-state index in [9.17, 15) is 4.79 Å². The zero-order valence-electron chi connectivity index (χ0n) is 14.4. The maximum absolute atomic E-state index is 12.1. The SMILES string of the molecule is O=C(CC[C@H]1CCCO1)NC1CCN(c2nc3ccccc3s2)CC1. The Morgan fingerprint density at radius 2 is 2.12 bits per heavy atom. The van der Waals surface area contributed by atoms with E-state index >= 15 is 0 Å². The number of ether oxygens (including phenoxy) is 1. The highest BCUT2D eigenvalue weighted by Crippen LogP contribution is 2.30. The van der Waals surface area contributed by atoms with Crippen LogP contribution in [0.1, 0.15) is 38.5 Å². The second kappa shape index (κ2) is 7.70. The summed E-state index contributed by atoms with van der Waals surface area (Å²) in [6.45, 7) is 2.77. The minimum absolute atomic E-state index is 0.175. The normalized spacial score (nSPS) is 21.8. The number of rotatable bonds is 5. The van der Waals surface area contributed by atoms with E-state index in [1.807, 2.05) is 6.07 Å². The summed E-state index contributed by atoms with van der Waals surface area (Å²) in [5.74, 6) is 0.175. The zero-order chi connectivity index (χ0) is 17.1. The number of para-hydroxylation sites is 1. The van der Waals surface area contributed by atoms with Crippen molar-refractivity contribution < 1.29 is 9.53 Å². The summed E-state index contributed by atoms with van der Waals surface area (Å²) in [6.07, 6.45) is 5.96. The van der Waals surface area contributed by atoms with Gasteiger partial charge in [0.05, 0.1) is 16.3 Å². The van der Waals surface area contributed by atoms with E-state index in [2.05, 4.69) is 28.4 Å². The number of nitrogens with zero attached hydrogens (tertiary/aromatic N) is 2. The molecule has 2 aromatic rings. The quantitative estimate of drug-likeness (QED) is 0.890. The van der Waals surface area contributed by atoms with Crippen molar-refractivity contribution in [2.45, 2.75) is 50.7 Å². The number of benzene rings is 1. The summed E-state index contributed by atoms with van der Waals surface area (Å²) in [5, 5.41) is 4.30. The average Bonchev–Trinajstić information content (AvgIpc) is 3.30. The van der Waals surface area contributed by atoms with Crippen molar-refractivity contribution in [3.63, 3.8) is 0 Å². The van der Waals surface area contributed by atoms with Crippen LogP contribution in [0.4, 0.5) is 5.13 Å². The molecule has 1 aromatic heterocycles. The standard InChI is InChI=1S/C19H25N3O2S/c23-18(8-7-15-4-3-13-24-15)20-14-9-11-22(12-10-14)19-21-16-5-1-2-6-17(16)25-19/h1-2,5-6,14-15H,3-4,7-13H2,(H,20,23)/t15-/m1/s1. The molecule has 0 saturated carbocycles. The number of piperidine rings is 1. The van der Waals surface area contributed by atoms with Gasteiger partial charge in [-0.3, -0.25) is 4.79 Å². The van der Waals surface area contributed by atoms with Crippen molar-refractivity contribution in [1.29, 1.82) is 0 Å². The lowest BCUT2D eigenvalue weighted by Gasteiger charge is -2.32. The van der Waals surface area contributed by atoms with Gasteiger partial charge in [0.25, 0.3) is 0 Å². The van der Waals surface area contributed by atoms with Gasteiger partial charge in [0.15, 0.2) is 5.13 Å². The number of carbonyl (C=O) groups is 1. The first-order chi connectivity index (χ1) is 12.3. The van der Waals surface area contributed by atoms with E-state index in [4.69, 9.17) is 9.72 Å². The Balaban J connectivity index is 1.24. The van der Waals surface area contributed by atoms with Gasteiger partial charge in [-0.1, -0.05) is 23.5 Å². The molecule has 0 bridgehead atoms. The van der Waals surface area contributed by atoms with E-state index in [1.54, 1.807) is 11.3 Å². The maximum atomic E-state index is 12.1. The molecule has 1 N–H and O–H groups in total. The van der Waals surface area contributed by atoms with Gasteiger partial charge in [-0.15, -0.1) is 0 Å². The smallest absolute Gasteiger partial charge is 0.220 e. The third kappa shape index (κ3) is 4.12. The van der Waals surface area contributed by atoms with Crippen molar-refractivity contribution in [2.75, 3.05) is 24.6 Å². The van der Waals surface area contributed by atoms with Gasteiger partial charge in [-0.05, 0) is 44.2 Å². The van der Waals surface area contributed by atoms with Crippen LogP contribution in [0.3, 0.4) is 0 Å². The molecule has 5 nitrogen and oxygen atoms in total. The molecule has 4 rings (SSSR count). The highest BCUT2D eigenvalue weighted by Gasteiger charge is 2.23. The summed E-state index contributed by atoms with van der Waals surface area (Å²) >= 11 is 1.75. The van der Waals surface area contributed by atoms with Crippen LogP contribution in [0.25, 0.3) is 10.2 Å². The Hall–Kier alpha value is -1.66. The fraction of sp³-hybridized carbons (Fsp3) is 0.579. The van der Waals surface area contributed by atoms with Crippen LogP contribution in [0, 0.1) is 0 Å². The number of thiazole rings is 1. The number of nitrogens with one attached hydrogen (secondary N) is 1. The highest BCUT2D eigenvalue weighted by atomic mass is 32.1. The van der Waals surface area contributed by atoms with Crippen molar-refractivity contribution in [3.05, 3.63) is 24.3 Å². The van der Waals surface area contributed by atoms with Gasteiger partial charge in [-0.25, -0.2) is 4.98 Å². The lowest BCUT2D eigenvalue weighted by Crippen LogP contribution is -2.44. The lowest BCUT2D eigenvalue weighted by molar-refractivity contribution is -0.122. The Kier molecular flexibility index (Phi) is 5.17. The monoisotopic (exact) mass is 359 g/mol. The number of hydrogen-bond acceptors (Lipinski definition) is 5. The van der Waals surface area contributed by atoms with Gasteiger partial charge >= 0.3 is 0 Å². The average molecular weight is 359 g/mol. The molecule has 0 aliphatic carbocycles. The molecule has 0 unspecified atom stereocenters. The van der Waals surface area contributed by atoms with Crippen molar-refractivity contribution in [1.82, 2.24) is 10.3 Å². The maximum Gasteiger partial charge on any atom is 0.220 e. The summed E-state index contributed by atoms with van der Waals surface area (Å²) in [5.41, 5.74) is 1.08.